The molecular formula is C29H35N3O3S. The van der Waals surface area contributed by atoms with E-state index in [2.05, 4.69) is 18.7 Å². The van der Waals surface area contributed by atoms with Crippen molar-refractivity contribution in [1.29, 1.82) is 0 Å². The highest BCUT2D eigenvalue weighted by Gasteiger charge is 2.30. The Labute approximate surface area is 215 Å². The van der Waals surface area contributed by atoms with Crippen molar-refractivity contribution in [2.75, 3.05) is 32.7 Å². The Bertz CT molecular complexity index is 1180. The summed E-state index contributed by atoms with van der Waals surface area (Å²) in [6.45, 7) is 7.33. The van der Waals surface area contributed by atoms with Gasteiger partial charge in [0.2, 0.25) is 15.9 Å². The van der Waals surface area contributed by atoms with E-state index in [-0.39, 0.29) is 12.5 Å². The SMILES string of the molecule is CC(C)c1ccc(S(=O)(=O)N2CCN(CC(=O)N(Cc3ccccc3)Cc3ccccc3)CC2)cc1. The Morgan fingerprint density at radius 2 is 1.28 bits per heavy atom. The summed E-state index contributed by atoms with van der Waals surface area (Å²) in [4.78, 5) is 17.6. The van der Waals surface area contributed by atoms with Crippen molar-refractivity contribution in [3.8, 4) is 0 Å². The fraction of sp³-hybridized carbons (Fsp3) is 0.345. The van der Waals surface area contributed by atoms with Crippen LogP contribution in [0.4, 0.5) is 0 Å². The van der Waals surface area contributed by atoms with Crippen LogP contribution in [0, 0.1) is 0 Å². The summed E-state index contributed by atoms with van der Waals surface area (Å²) in [5.41, 5.74) is 3.29. The van der Waals surface area contributed by atoms with Gasteiger partial charge in [-0.3, -0.25) is 9.69 Å². The second-order valence-corrected chi connectivity index (χ2v) is 11.6. The Kier molecular flexibility index (Phi) is 8.56. The minimum atomic E-state index is -3.54. The average Bonchev–Trinajstić information content (AvgIpc) is 2.90. The van der Waals surface area contributed by atoms with Gasteiger partial charge in [-0.15, -0.1) is 0 Å². The van der Waals surface area contributed by atoms with Gasteiger partial charge in [0.1, 0.15) is 0 Å². The molecule has 36 heavy (non-hydrogen) atoms. The minimum Gasteiger partial charge on any atom is -0.333 e. The van der Waals surface area contributed by atoms with Crippen LogP contribution in [0.1, 0.15) is 36.5 Å². The number of nitrogens with zero attached hydrogens (tertiary/aromatic N) is 3. The van der Waals surface area contributed by atoms with Gasteiger partial charge < -0.3 is 4.90 Å². The number of sulfonamides is 1. The highest BCUT2D eigenvalue weighted by Crippen LogP contribution is 2.21. The van der Waals surface area contributed by atoms with Crippen LogP contribution in [0.25, 0.3) is 0 Å². The summed E-state index contributed by atoms with van der Waals surface area (Å²) < 4.78 is 27.8. The second-order valence-electron chi connectivity index (χ2n) is 9.62. The summed E-state index contributed by atoms with van der Waals surface area (Å²) >= 11 is 0. The molecule has 1 fully saturated rings. The van der Waals surface area contributed by atoms with E-state index >= 15 is 0 Å². The highest BCUT2D eigenvalue weighted by molar-refractivity contribution is 7.89. The summed E-state index contributed by atoms with van der Waals surface area (Å²) in [7, 11) is -3.54. The molecule has 0 radical (unpaired) electrons. The summed E-state index contributed by atoms with van der Waals surface area (Å²) in [5.74, 6) is 0.398. The molecule has 0 aromatic heterocycles. The van der Waals surface area contributed by atoms with Crippen LogP contribution in [0.15, 0.2) is 89.8 Å². The molecule has 1 aliphatic rings. The van der Waals surface area contributed by atoms with E-state index in [0.29, 0.717) is 50.1 Å². The number of rotatable bonds is 9. The lowest BCUT2D eigenvalue weighted by Crippen LogP contribution is -2.51. The van der Waals surface area contributed by atoms with Crippen molar-refractivity contribution in [2.24, 2.45) is 0 Å². The topological polar surface area (TPSA) is 60.9 Å². The first kappa shape index (κ1) is 26.1. The third-order valence-corrected chi connectivity index (χ3v) is 8.57. The summed E-state index contributed by atoms with van der Waals surface area (Å²) in [5, 5.41) is 0. The van der Waals surface area contributed by atoms with Gasteiger partial charge in [-0.05, 0) is 34.7 Å². The predicted molar refractivity (Wildman–Crippen MR) is 143 cm³/mol. The zero-order valence-corrected chi connectivity index (χ0v) is 21.9. The Morgan fingerprint density at radius 1 is 0.778 bits per heavy atom. The molecule has 0 bridgehead atoms. The molecule has 0 atom stereocenters. The van der Waals surface area contributed by atoms with Crippen LogP contribution in [-0.4, -0.2) is 61.2 Å². The molecule has 6 nitrogen and oxygen atoms in total. The van der Waals surface area contributed by atoms with Crippen LogP contribution in [0.2, 0.25) is 0 Å². The fourth-order valence-electron chi connectivity index (χ4n) is 4.43. The lowest BCUT2D eigenvalue weighted by molar-refractivity contribution is -0.134. The number of benzene rings is 3. The molecule has 0 aliphatic carbocycles. The molecule has 1 amide bonds. The van der Waals surface area contributed by atoms with Gasteiger partial charge in [0.15, 0.2) is 0 Å². The van der Waals surface area contributed by atoms with Crippen molar-refractivity contribution in [2.45, 2.75) is 37.8 Å². The Morgan fingerprint density at radius 3 is 1.75 bits per heavy atom. The predicted octanol–water partition coefficient (Wildman–Crippen LogP) is 4.35. The average molecular weight is 506 g/mol. The maximum absolute atomic E-state index is 13.4. The number of carbonyl (C=O) groups excluding carboxylic acids is 1. The number of carbonyl (C=O) groups is 1. The highest BCUT2D eigenvalue weighted by atomic mass is 32.2. The Balaban J connectivity index is 1.38. The molecule has 190 valence electrons. The van der Waals surface area contributed by atoms with Crippen LogP contribution >= 0.6 is 0 Å². The smallest absolute Gasteiger partial charge is 0.243 e. The molecule has 1 heterocycles. The third kappa shape index (κ3) is 6.60. The standard InChI is InChI=1S/C29H35N3O3S/c1-24(2)27-13-15-28(16-14-27)36(34,35)32-19-17-30(18-20-32)23-29(33)31(21-25-9-5-3-6-10-25)22-26-11-7-4-8-12-26/h3-16,24H,17-23H2,1-2H3. The van der Waals surface area contributed by atoms with Crippen molar-refractivity contribution in [3.63, 3.8) is 0 Å². The summed E-state index contributed by atoms with van der Waals surface area (Å²) in [6.07, 6.45) is 0. The number of amides is 1. The van der Waals surface area contributed by atoms with Crippen LogP contribution < -0.4 is 0 Å². The normalized spacial score (nSPS) is 15.2. The van der Waals surface area contributed by atoms with Gasteiger partial charge in [0.25, 0.3) is 0 Å². The molecule has 7 heteroatoms. The van der Waals surface area contributed by atoms with E-state index in [0.717, 1.165) is 16.7 Å². The maximum atomic E-state index is 13.4. The minimum absolute atomic E-state index is 0.0447. The van der Waals surface area contributed by atoms with E-state index in [1.54, 1.807) is 12.1 Å². The van der Waals surface area contributed by atoms with Crippen molar-refractivity contribution in [1.82, 2.24) is 14.1 Å². The first-order chi connectivity index (χ1) is 17.3. The van der Waals surface area contributed by atoms with Crippen molar-refractivity contribution >= 4 is 15.9 Å². The molecule has 0 N–H and O–H groups in total. The molecule has 1 saturated heterocycles. The lowest BCUT2D eigenvalue weighted by atomic mass is 10.0. The first-order valence-electron chi connectivity index (χ1n) is 12.5. The molecule has 0 spiro atoms. The van der Waals surface area contributed by atoms with Gasteiger partial charge in [-0.2, -0.15) is 4.31 Å². The van der Waals surface area contributed by atoms with E-state index < -0.39 is 10.0 Å². The number of hydrogen-bond acceptors (Lipinski definition) is 4. The van der Waals surface area contributed by atoms with Crippen LogP contribution in [0.5, 0.6) is 0 Å². The quantitative estimate of drug-likeness (QED) is 0.434. The molecule has 3 aromatic rings. The lowest BCUT2D eigenvalue weighted by Gasteiger charge is -2.35. The van der Waals surface area contributed by atoms with Crippen molar-refractivity contribution in [3.05, 3.63) is 102 Å². The molecular weight excluding hydrogens is 470 g/mol. The molecule has 4 rings (SSSR count). The second kappa shape index (κ2) is 11.8. The van der Waals surface area contributed by atoms with Gasteiger partial charge in [0, 0.05) is 39.3 Å². The zero-order valence-electron chi connectivity index (χ0n) is 21.1. The molecule has 0 saturated carbocycles. The largest absolute Gasteiger partial charge is 0.333 e. The third-order valence-electron chi connectivity index (χ3n) is 6.66. The number of piperazine rings is 1. The van der Waals surface area contributed by atoms with Crippen LogP contribution in [0.3, 0.4) is 0 Å². The van der Waals surface area contributed by atoms with E-state index in [9.17, 15) is 13.2 Å². The van der Waals surface area contributed by atoms with Crippen LogP contribution in [-0.2, 0) is 27.9 Å². The van der Waals surface area contributed by atoms with E-state index in [1.165, 1.54) is 4.31 Å². The number of hydrogen-bond donors (Lipinski definition) is 0. The van der Waals surface area contributed by atoms with Crippen molar-refractivity contribution < 1.29 is 13.2 Å². The van der Waals surface area contributed by atoms with E-state index in [4.69, 9.17) is 0 Å². The summed E-state index contributed by atoms with van der Waals surface area (Å²) in [6, 6.07) is 27.2. The molecule has 1 aliphatic heterocycles. The van der Waals surface area contributed by atoms with Gasteiger partial charge in [0.05, 0.1) is 11.4 Å². The fourth-order valence-corrected chi connectivity index (χ4v) is 5.86. The van der Waals surface area contributed by atoms with Gasteiger partial charge in [-0.25, -0.2) is 8.42 Å². The van der Waals surface area contributed by atoms with Gasteiger partial charge in [-0.1, -0.05) is 86.6 Å². The molecule has 0 unspecified atom stereocenters. The molecule has 3 aromatic carbocycles. The zero-order chi connectivity index (χ0) is 25.5. The van der Waals surface area contributed by atoms with Gasteiger partial charge >= 0.3 is 0 Å². The Hall–Kier alpha value is -3.00. The monoisotopic (exact) mass is 505 g/mol. The first-order valence-corrected chi connectivity index (χ1v) is 13.9. The van der Waals surface area contributed by atoms with E-state index in [1.807, 2.05) is 77.7 Å². The maximum Gasteiger partial charge on any atom is 0.243 e.